The van der Waals surface area contributed by atoms with Crippen LogP contribution < -0.4 is 5.73 Å². The minimum Gasteiger partial charge on any atom is -0.399 e. The molecular weight excluding hydrogens is 253 g/mol. The minimum atomic E-state index is -0.466. The van der Waals surface area contributed by atoms with Crippen LogP contribution in [0.5, 0.6) is 0 Å². The molecule has 0 saturated carbocycles. The van der Waals surface area contributed by atoms with Gasteiger partial charge in [0.05, 0.1) is 0 Å². The summed E-state index contributed by atoms with van der Waals surface area (Å²) in [5.74, 6) is -0.623. The van der Waals surface area contributed by atoms with Gasteiger partial charge in [-0.2, -0.15) is 0 Å². The van der Waals surface area contributed by atoms with E-state index >= 15 is 0 Å². The second-order valence-electron chi connectivity index (χ2n) is 3.96. The lowest BCUT2D eigenvalue weighted by atomic mass is 10.0. The average molecular weight is 264 g/mol. The van der Waals surface area contributed by atoms with E-state index in [9.17, 15) is 9.18 Å². The van der Waals surface area contributed by atoms with Crippen molar-refractivity contribution < 1.29 is 9.18 Å². The van der Waals surface area contributed by atoms with Crippen molar-refractivity contribution in [3.63, 3.8) is 0 Å². The van der Waals surface area contributed by atoms with Crippen LogP contribution in [-0.4, -0.2) is 5.78 Å². The number of rotatable bonds is 3. The van der Waals surface area contributed by atoms with Gasteiger partial charge in [0.15, 0.2) is 5.78 Å². The molecule has 0 aromatic heterocycles. The summed E-state index contributed by atoms with van der Waals surface area (Å²) in [6, 6.07) is 10.8. The molecule has 0 aliphatic heterocycles. The summed E-state index contributed by atoms with van der Waals surface area (Å²) >= 11 is 5.65. The van der Waals surface area contributed by atoms with Crippen molar-refractivity contribution in [3.05, 3.63) is 64.4 Å². The van der Waals surface area contributed by atoms with Crippen LogP contribution in [0.2, 0.25) is 5.02 Å². The SMILES string of the molecule is Nc1ccc(C(=O)Cc2ccc(Cl)cc2F)cc1. The van der Waals surface area contributed by atoms with Gasteiger partial charge in [-0.3, -0.25) is 4.79 Å². The summed E-state index contributed by atoms with van der Waals surface area (Å²) in [4.78, 5) is 11.9. The first kappa shape index (κ1) is 12.6. The van der Waals surface area contributed by atoms with Crippen LogP contribution in [-0.2, 0) is 6.42 Å². The molecule has 18 heavy (non-hydrogen) atoms. The fourth-order valence-electron chi connectivity index (χ4n) is 1.61. The summed E-state index contributed by atoms with van der Waals surface area (Å²) in [6.45, 7) is 0. The van der Waals surface area contributed by atoms with Crippen molar-refractivity contribution in [3.8, 4) is 0 Å². The lowest BCUT2D eigenvalue weighted by Gasteiger charge is -2.04. The highest BCUT2D eigenvalue weighted by Crippen LogP contribution is 2.17. The number of anilines is 1. The Hall–Kier alpha value is -1.87. The third kappa shape index (κ3) is 2.87. The Kier molecular flexibility index (Phi) is 3.63. The maximum atomic E-state index is 13.5. The number of nitrogens with two attached hydrogens (primary N) is 1. The lowest BCUT2D eigenvalue weighted by molar-refractivity contribution is 0.0992. The smallest absolute Gasteiger partial charge is 0.167 e. The number of hydrogen-bond acceptors (Lipinski definition) is 2. The van der Waals surface area contributed by atoms with Gasteiger partial charge in [0, 0.05) is 22.7 Å². The highest BCUT2D eigenvalue weighted by atomic mass is 35.5. The standard InChI is InChI=1S/C14H11ClFNO/c15-11-4-1-10(13(16)8-11)7-14(18)9-2-5-12(17)6-3-9/h1-6,8H,7,17H2. The van der Waals surface area contributed by atoms with E-state index in [-0.39, 0.29) is 12.2 Å². The number of carbonyl (C=O) groups excluding carboxylic acids is 1. The number of ketones is 1. The first-order valence-corrected chi connectivity index (χ1v) is 5.77. The van der Waals surface area contributed by atoms with E-state index in [0.717, 1.165) is 0 Å². The number of carbonyl (C=O) groups is 1. The first-order valence-electron chi connectivity index (χ1n) is 5.39. The fourth-order valence-corrected chi connectivity index (χ4v) is 1.77. The topological polar surface area (TPSA) is 43.1 Å². The molecule has 2 rings (SSSR count). The summed E-state index contributed by atoms with van der Waals surface area (Å²) < 4.78 is 13.5. The van der Waals surface area contributed by atoms with Gasteiger partial charge in [-0.05, 0) is 42.0 Å². The summed E-state index contributed by atoms with van der Waals surface area (Å²) in [6.07, 6.45) is 0.00687. The Balaban J connectivity index is 2.18. The zero-order chi connectivity index (χ0) is 13.1. The number of hydrogen-bond donors (Lipinski definition) is 1. The van der Waals surface area contributed by atoms with Crippen LogP contribution in [0.1, 0.15) is 15.9 Å². The molecule has 2 N–H and O–H groups in total. The molecule has 0 amide bonds. The molecule has 0 heterocycles. The average Bonchev–Trinajstić information content (AvgIpc) is 2.33. The normalized spacial score (nSPS) is 10.3. The number of halogens is 2. The summed E-state index contributed by atoms with van der Waals surface area (Å²) in [5.41, 5.74) is 6.97. The Labute approximate surface area is 109 Å². The van der Waals surface area contributed by atoms with Crippen molar-refractivity contribution in [2.75, 3.05) is 5.73 Å². The van der Waals surface area contributed by atoms with E-state index in [1.54, 1.807) is 30.3 Å². The molecule has 0 radical (unpaired) electrons. The first-order chi connectivity index (χ1) is 8.56. The summed E-state index contributed by atoms with van der Waals surface area (Å²) in [7, 11) is 0. The van der Waals surface area contributed by atoms with Crippen LogP contribution in [0.15, 0.2) is 42.5 Å². The molecule has 4 heteroatoms. The molecule has 0 atom stereocenters. The molecule has 0 aliphatic rings. The lowest BCUT2D eigenvalue weighted by Crippen LogP contribution is -2.05. The largest absolute Gasteiger partial charge is 0.399 e. The third-order valence-corrected chi connectivity index (χ3v) is 2.83. The van der Waals surface area contributed by atoms with Gasteiger partial charge in [-0.15, -0.1) is 0 Å². The molecule has 0 aliphatic carbocycles. The van der Waals surface area contributed by atoms with Crippen LogP contribution in [0.25, 0.3) is 0 Å². The quantitative estimate of drug-likeness (QED) is 0.680. The second kappa shape index (κ2) is 5.19. The molecule has 0 unspecified atom stereocenters. The highest BCUT2D eigenvalue weighted by Gasteiger charge is 2.10. The van der Waals surface area contributed by atoms with Gasteiger partial charge in [0.25, 0.3) is 0 Å². The maximum Gasteiger partial charge on any atom is 0.167 e. The zero-order valence-corrected chi connectivity index (χ0v) is 10.2. The Morgan fingerprint density at radius 3 is 2.44 bits per heavy atom. The molecular formula is C14H11ClFNO. The van der Waals surface area contributed by atoms with Crippen molar-refractivity contribution in [2.24, 2.45) is 0 Å². The fraction of sp³-hybridized carbons (Fsp3) is 0.0714. The van der Waals surface area contributed by atoms with E-state index in [2.05, 4.69) is 0 Å². The van der Waals surface area contributed by atoms with Gasteiger partial charge in [0.1, 0.15) is 5.82 Å². The van der Waals surface area contributed by atoms with Gasteiger partial charge in [-0.1, -0.05) is 17.7 Å². The number of nitrogen functional groups attached to an aromatic ring is 1. The van der Waals surface area contributed by atoms with Crippen LogP contribution in [0, 0.1) is 5.82 Å². The van der Waals surface area contributed by atoms with Gasteiger partial charge in [0.2, 0.25) is 0 Å². The molecule has 0 fully saturated rings. The Morgan fingerprint density at radius 2 is 1.83 bits per heavy atom. The van der Waals surface area contributed by atoms with Gasteiger partial charge in [-0.25, -0.2) is 4.39 Å². The van der Waals surface area contributed by atoms with E-state index in [1.807, 2.05) is 0 Å². The van der Waals surface area contributed by atoms with Crippen molar-refractivity contribution in [1.82, 2.24) is 0 Å². The van der Waals surface area contributed by atoms with Crippen molar-refractivity contribution >= 4 is 23.1 Å². The summed E-state index contributed by atoms with van der Waals surface area (Å²) in [5, 5.41) is 0.316. The van der Waals surface area contributed by atoms with Crippen molar-refractivity contribution in [1.29, 1.82) is 0 Å². The number of Topliss-reactive ketones (excluding diaryl/α,β-unsaturated/α-hetero) is 1. The Bertz CT molecular complexity index is 581. The predicted molar refractivity (Wildman–Crippen MR) is 70.3 cm³/mol. The second-order valence-corrected chi connectivity index (χ2v) is 4.39. The molecule has 92 valence electrons. The third-order valence-electron chi connectivity index (χ3n) is 2.60. The van der Waals surface area contributed by atoms with E-state index in [0.29, 0.717) is 21.8 Å². The van der Waals surface area contributed by atoms with Crippen molar-refractivity contribution in [2.45, 2.75) is 6.42 Å². The number of benzene rings is 2. The maximum absolute atomic E-state index is 13.5. The molecule has 2 aromatic rings. The van der Waals surface area contributed by atoms with E-state index < -0.39 is 5.82 Å². The highest BCUT2D eigenvalue weighted by molar-refractivity contribution is 6.30. The van der Waals surface area contributed by atoms with E-state index in [4.69, 9.17) is 17.3 Å². The molecule has 0 bridgehead atoms. The van der Waals surface area contributed by atoms with Crippen LogP contribution in [0.4, 0.5) is 10.1 Å². The Morgan fingerprint density at radius 1 is 1.17 bits per heavy atom. The van der Waals surface area contributed by atoms with Crippen LogP contribution in [0.3, 0.4) is 0 Å². The molecule has 2 nitrogen and oxygen atoms in total. The van der Waals surface area contributed by atoms with Gasteiger partial charge < -0.3 is 5.73 Å². The molecule has 2 aromatic carbocycles. The van der Waals surface area contributed by atoms with Crippen LogP contribution >= 0.6 is 11.6 Å². The molecule has 0 spiro atoms. The molecule has 0 saturated heterocycles. The van der Waals surface area contributed by atoms with Gasteiger partial charge >= 0.3 is 0 Å². The minimum absolute atomic E-state index is 0.00687. The monoisotopic (exact) mass is 263 g/mol. The zero-order valence-electron chi connectivity index (χ0n) is 9.49. The van der Waals surface area contributed by atoms with E-state index in [1.165, 1.54) is 12.1 Å². The predicted octanol–water partition coefficient (Wildman–Crippen LogP) is 3.49.